The standard InChI is InChI=1S/C11H10FN3O/c1-16-10-8(3-2-4-9(10)13)11-14-5-7(12)6-15-11/h2-6H,13H2,1H3/i1D3. The van der Waals surface area contributed by atoms with Crippen molar-refractivity contribution in [3.8, 4) is 17.1 Å². The minimum absolute atomic E-state index is 0.0471. The Labute approximate surface area is 96.1 Å². The van der Waals surface area contributed by atoms with Gasteiger partial charge in [0.2, 0.25) is 0 Å². The molecule has 4 nitrogen and oxygen atoms in total. The normalized spacial score (nSPS) is 13.7. The average molecular weight is 222 g/mol. The number of para-hydroxylation sites is 1. The molecule has 0 aliphatic rings. The summed E-state index contributed by atoms with van der Waals surface area (Å²) < 4.78 is 39.0. The number of hydrogen-bond donors (Lipinski definition) is 1. The fraction of sp³-hybridized carbons (Fsp3) is 0.0909. The third-order valence-corrected chi connectivity index (χ3v) is 2.01. The molecule has 5 heteroatoms. The van der Waals surface area contributed by atoms with Crippen molar-refractivity contribution in [2.24, 2.45) is 0 Å². The molecule has 2 aromatic rings. The molecule has 0 amide bonds. The lowest BCUT2D eigenvalue weighted by Gasteiger charge is -2.09. The molecule has 2 rings (SSSR count). The Morgan fingerprint density at radius 2 is 2.12 bits per heavy atom. The van der Waals surface area contributed by atoms with Crippen LogP contribution < -0.4 is 10.5 Å². The lowest BCUT2D eigenvalue weighted by atomic mass is 10.1. The Morgan fingerprint density at radius 3 is 2.81 bits per heavy atom. The van der Waals surface area contributed by atoms with Crippen LogP contribution in [0.3, 0.4) is 0 Å². The van der Waals surface area contributed by atoms with Crippen molar-refractivity contribution < 1.29 is 13.2 Å². The maximum Gasteiger partial charge on any atom is 0.163 e. The number of nitrogens with zero attached hydrogens (tertiary/aromatic N) is 2. The van der Waals surface area contributed by atoms with E-state index in [1.807, 2.05) is 0 Å². The number of nitrogens with two attached hydrogens (primary N) is 1. The van der Waals surface area contributed by atoms with Crippen LogP contribution in [0.15, 0.2) is 30.6 Å². The van der Waals surface area contributed by atoms with Gasteiger partial charge in [-0.3, -0.25) is 0 Å². The van der Waals surface area contributed by atoms with E-state index in [1.54, 1.807) is 12.1 Å². The first-order chi connectivity index (χ1) is 8.87. The average Bonchev–Trinajstić information content (AvgIpc) is 2.31. The van der Waals surface area contributed by atoms with Gasteiger partial charge >= 0.3 is 0 Å². The van der Waals surface area contributed by atoms with Crippen molar-refractivity contribution in [3.63, 3.8) is 0 Å². The van der Waals surface area contributed by atoms with E-state index in [1.165, 1.54) is 6.07 Å². The first kappa shape index (κ1) is 7.16. The molecule has 0 saturated heterocycles. The molecule has 0 atom stereocenters. The highest BCUT2D eigenvalue weighted by Gasteiger charge is 2.10. The summed E-state index contributed by atoms with van der Waals surface area (Å²) in [6.07, 6.45) is 1.95. The van der Waals surface area contributed by atoms with Crippen molar-refractivity contribution in [3.05, 3.63) is 36.4 Å². The van der Waals surface area contributed by atoms with E-state index in [-0.39, 0.29) is 22.8 Å². The summed E-state index contributed by atoms with van der Waals surface area (Å²) in [6, 6.07) is 4.64. The van der Waals surface area contributed by atoms with Crippen LogP contribution in [0.4, 0.5) is 10.1 Å². The first-order valence-electron chi connectivity index (χ1n) is 5.92. The van der Waals surface area contributed by atoms with Gasteiger partial charge in [-0.15, -0.1) is 0 Å². The third kappa shape index (κ3) is 1.79. The Hall–Kier alpha value is -2.17. The molecule has 82 valence electrons. The van der Waals surface area contributed by atoms with E-state index >= 15 is 0 Å². The smallest absolute Gasteiger partial charge is 0.163 e. The van der Waals surface area contributed by atoms with Crippen LogP contribution in [0.2, 0.25) is 0 Å². The fourth-order valence-corrected chi connectivity index (χ4v) is 1.30. The summed E-state index contributed by atoms with van der Waals surface area (Å²) in [5, 5.41) is 0. The van der Waals surface area contributed by atoms with Crippen LogP contribution in [0.25, 0.3) is 11.4 Å². The molecule has 0 radical (unpaired) electrons. The summed E-state index contributed by atoms with van der Waals surface area (Å²) >= 11 is 0. The Bertz CT molecular complexity index is 587. The zero-order chi connectivity index (χ0) is 14.0. The summed E-state index contributed by atoms with van der Waals surface area (Å²) in [6.45, 7) is 0. The predicted octanol–water partition coefficient (Wildman–Crippen LogP) is 1.87. The van der Waals surface area contributed by atoms with E-state index in [9.17, 15) is 4.39 Å². The number of methoxy groups -OCH3 is 1. The molecular formula is C11H10FN3O. The van der Waals surface area contributed by atoms with Gasteiger partial charge < -0.3 is 10.5 Å². The van der Waals surface area contributed by atoms with Crippen molar-refractivity contribution in [2.45, 2.75) is 0 Å². The molecule has 0 aliphatic carbocycles. The van der Waals surface area contributed by atoms with Gasteiger partial charge in [0, 0.05) is 0 Å². The molecule has 0 aliphatic heterocycles. The van der Waals surface area contributed by atoms with Crippen molar-refractivity contribution in [1.82, 2.24) is 9.97 Å². The minimum Gasteiger partial charge on any atom is -0.494 e. The van der Waals surface area contributed by atoms with Crippen LogP contribution >= 0.6 is 0 Å². The highest BCUT2D eigenvalue weighted by molar-refractivity contribution is 5.72. The van der Waals surface area contributed by atoms with Crippen LogP contribution in [-0.2, 0) is 0 Å². The number of ether oxygens (including phenoxy) is 1. The van der Waals surface area contributed by atoms with Crippen LogP contribution in [0, 0.1) is 5.82 Å². The van der Waals surface area contributed by atoms with Gasteiger partial charge in [0.05, 0.1) is 34.8 Å². The van der Waals surface area contributed by atoms with Gasteiger partial charge in [-0.05, 0) is 12.1 Å². The topological polar surface area (TPSA) is 61.0 Å². The number of nitrogen functional groups attached to an aromatic ring is 1. The van der Waals surface area contributed by atoms with Crippen LogP contribution in [0.5, 0.6) is 5.75 Å². The van der Waals surface area contributed by atoms with Gasteiger partial charge in [-0.2, -0.15) is 0 Å². The minimum atomic E-state index is -2.65. The second-order valence-corrected chi connectivity index (χ2v) is 3.05. The maximum absolute atomic E-state index is 12.8. The lowest BCUT2D eigenvalue weighted by molar-refractivity contribution is 0.418. The van der Waals surface area contributed by atoms with E-state index in [4.69, 9.17) is 14.6 Å². The zero-order valence-corrected chi connectivity index (χ0v) is 8.14. The van der Waals surface area contributed by atoms with Crippen LogP contribution in [0.1, 0.15) is 4.11 Å². The molecule has 0 spiro atoms. The Kier molecular flexibility index (Phi) is 1.85. The first-order valence-corrected chi connectivity index (χ1v) is 4.42. The highest BCUT2D eigenvalue weighted by Crippen LogP contribution is 2.32. The van der Waals surface area contributed by atoms with E-state index < -0.39 is 12.9 Å². The molecule has 2 N–H and O–H groups in total. The second kappa shape index (κ2) is 4.14. The highest BCUT2D eigenvalue weighted by atomic mass is 19.1. The lowest BCUT2D eigenvalue weighted by Crippen LogP contribution is -1.97. The van der Waals surface area contributed by atoms with Gasteiger partial charge in [0.1, 0.15) is 0 Å². The molecule has 0 saturated carbocycles. The van der Waals surface area contributed by atoms with Gasteiger partial charge in [-0.1, -0.05) is 6.07 Å². The molecule has 1 aromatic carbocycles. The quantitative estimate of drug-likeness (QED) is 0.788. The number of benzene rings is 1. The van der Waals surface area contributed by atoms with Crippen molar-refractivity contribution >= 4 is 5.69 Å². The van der Waals surface area contributed by atoms with Gasteiger partial charge in [0.25, 0.3) is 0 Å². The number of hydrogen-bond acceptors (Lipinski definition) is 4. The number of rotatable bonds is 2. The summed E-state index contributed by atoms with van der Waals surface area (Å²) in [5.74, 6) is -0.506. The van der Waals surface area contributed by atoms with Gasteiger partial charge in [-0.25, -0.2) is 14.4 Å². The molecule has 1 heterocycles. The van der Waals surface area contributed by atoms with E-state index in [0.717, 1.165) is 12.4 Å². The fourth-order valence-electron chi connectivity index (χ4n) is 1.30. The largest absolute Gasteiger partial charge is 0.494 e. The summed E-state index contributed by atoms with van der Waals surface area (Å²) in [7, 11) is -2.65. The second-order valence-electron chi connectivity index (χ2n) is 3.05. The zero-order valence-electron chi connectivity index (χ0n) is 11.1. The van der Waals surface area contributed by atoms with Crippen molar-refractivity contribution in [1.29, 1.82) is 0 Å². The molecule has 0 unspecified atom stereocenters. The summed E-state index contributed by atoms with van der Waals surface area (Å²) in [4.78, 5) is 7.55. The third-order valence-electron chi connectivity index (χ3n) is 2.01. The molecule has 0 fully saturated rings. The molecule has 16 heavy (non-hydrogen) atoms. The number of aromatic nitrogens is 2. The molecule has 0 bridgehead atoms. The Morgan fingerprint density at radius 1 is 1.38 bits per heavy atom. The number of anilines is 1. The molecular weight excluding hydrogens is 209 g/mol. The van der Waals surface area contributed by atoms with Gasteiger partial charge in [0.15, 0.2) is 17.4 Å². The van der Waals surface area contributed by atoms with E-state index in [2.05, 4.69) is 9.97 Å². The summed E-state index contributed by atoms with van der Waals surface area (Å²) in [5.41, 5.74) is 6.12. The van der Waals surface area contributed by atoms with E-state index in [0.29, 0.717) is 0 Å². The Balaban J connectivity index is 2.51. The van der Waals surface area contributed by atoms with Crippen molar-refractivity contribution in [2.75, 3.05) is 12.8 Å². The van der Waals surface area contributed by atoms with Crippen LogP contribution in [-0.4, -0.2) is 17.0 Å². The monoisotopic (exact) mass is 222 g/mol. The maximum atomic E-state index is 12.8. The SMILES string of the molecule is [2H]C([2H])([2H])Oc1c(N)cccc1-c1ncc(F)cn1. The molecule has 1 aromatic heterocycles. The predicted molar refractivity (Wildman–Crippen MR) is 58.4 cm³/mol. The number of halogens is 1.